The Bertz CT molecular complexity index is 786. The van der Waals surface area contributed by atoms with Gasteiger partial charge < -0.3 is 10.6 Å². The number of quaternary nitrogens is 1. The maximum absolute atomic E-state index is 13.0. The van der Waals surface area contributed by atoms with E-state index in [4.69, 9.17) is 0 Å². The van der Waals surface area contributed by atoms with E-state index in [1.807, 2.05) is 50.2 Å². The van der Waals surface area contributed by atoms with E-state index in [0.717, 1.165) is 42.6 Å². The van der Waals surface area contributed by atoms with Gasteiger partial charge >= 0.3 is 0 Å². The molecular weight excluding hydrogens is 338 g/mol. The summed E-state index contributed by atoms with van der Waals surface area (Å²) in [6.45, 7) is 5.69. The average Bonchev–Trinajstić information content (AvgIpc) is 3.07. The summed E-state index contributed by atoms with van der Waals surface area (Å²) < 4.78 is 0.555. The Morgan fingerprint density at radius 3 is 2.48 bits per heavy atom. The van der Waals surface area contributed by atoms with E-state index in [-0.39, 0.29) is 11.9 Å². The van der Waals surface area contributed by atoms with Crippen molar-refractivity contribution in [3.63, 3.8) is 0 Å². The van der Waals surface area contributed by atoms with Gasteiger partial charge in [0.05, 0.1) is 6.54 Å². The van der Waals surface area contributed by atoms with Crippen LogP contribution in [0.5, 0.6) is 0 Å². The lowest BCUT2D eigenvalue weighted by atomic mass is 10.0. The van der Waals surface area contributed by atoms with Gasteiger partial charge in [0.15, 0.2) is 13.2 Å². The zero-order chi connectivity index (χ0) is 19.3. The molecule has 0 spiro atoms. The topological polar surface area (TPSA) is 58.2 Å². The highest BCUT2D eigenvalue weighted by Gasteiger charge is 2.44. The second kappa shape index (κ2) is 8.35. The van der Waals surface area contributed by atoms with Gasteiger partial charge in [-0.2, -0.15) is 0 Å². The number of hydrogen-bond donors (Lipinski definition) is 2. The first-order valence-corrected chi connectivity index (χ1v) is 9.49. The summed E-state index contributed by atoms with van der Waals surface area (Å²) in [7, 11) is 0. The number of para-hydroxylation sites is 1. The van der Waals surface area contributed by atoms with E-state index in [1.165, 1.54) is 5.56 Å². The molecule has 0 radical (unpaired) electrons. The number of benzene rings is 2. The normalized spacial score (nSPS) is 21.6. The molecule has 2 unspecified atom stereocenters. The molecule has 1 heterocycles. The van der Waals surface area contributed by atoms with Crippen molar-refractivity contribution in [3.8, 4) is 0 Å². The number of nitrogens with one attached hydrogen (secondary N) is 2. The van der Waals surface area contributed by atoms with Crippen molar-refractivity contribution >= 4 is 18.0 Å². The Morgan fingerprint density at radius 1 is 1.11 bits per heavy atom. The van der Waals surface area contributed by atoms with Crippen LogP contribution in [0.3, 0.4) is 0 Å². The Balaban J connectivity index is 1.84. The molecule has 2 amide bonds. The van der Waals surface area contributed by atoms with E-state index in [0.29, 0.717) is 17.7 Å². The fourth-order valence-electron chi connectivity index (χ4n) is 4.32. The molecule has 0 saturated carbocycles. The molecule has 2 aromatic rings. The number of likely N-dealkylation sites (tertiary alicyclic amines) is 1. The van der Waals surface area contributed by atoms with E-state index in [1.54, 1.807) is 0 Å². The molecule has 0 aromatic heterocycles. The van der Waals surface area contributed by atoms with Crippen molar-refractivity contribution in [1.82, 2.24) is 5.32 Å². The Hall–Kier alpha value is -2.66. The molecule has 2 atom stereocenters. The molecule has 1 saturated heterocycles. The van der Waals surface area contributed by atoms with Crippen molar-refractivity contribution < 1.29 is 14.1 Å². The minimum atomic E-state index is -0.0112. The third kappa shape index (κ3) is 4.19. The summed E-state index contributed by atoms with van der Waals surface area (Å²) >= 11 is 0. The number of carbonyl (C=O) groups excluding carboxylic acids is 2. The highest BCUT2D eigenvalue weighted by atomic mass is 16.2. The quantitative estimate of drug-likeness (QED) is 0.583. The number of anilines is 1. The molecule has 2 N–H and O–H groups in total. The second-order valence-corrected chi connectivity index (χ2v) is 7.46. The third-order valence-electron chi connectivity index (χ3n) is 5.62. The second-order valence-electron chi connectivity index (χ2n) is 7.46. The Kier molecular flexibility index (Phi) is 5.91. The predicted molar refractivity (Wildman–Crippen MR) is 107 cm³/mol. The lowest BCUT2D eigenvalue weighted by Crippen LogP contribution is -2.55. The summed E-state index contributed by atoms with van der Waals surface area (Å²) in [6, 6.07) is 16.5. The number of aryl methyl sites for hydroxylation is 2. The number of carbonyl (C=O) groups is 2. The zero-order valence-electron chi connectivity index (χ0n) is 16.1. The smallest absolute Gasteiger partial charge is 0.279 e. The number of hydrogen-bond acceptors (Lipinski definition) is 2. The zero-order valence-corrected chi connectivity index (χ0v) is 16.1. The van der Waals surface area contributed by atoms with Crippen molar-refractivity contribution in [2.24, 2.45) is 0 Å². The van der Waals surface area contributed by atoms with Crippen LogP contribution in [0, 0.1) is 13.8 Å². The van der Waals surface area contributed by atoms with Crippen LogP contribution < -0.4 is 10.6 Å². The molecule has 142 valence electrons. The first-order valence-electron chi connectivity index (χ1n) is 9.49. The molecule has 1 aliphatic rings. The van der Waals surface area contributed by atoms with Gasteiger partial charge in [-0.05, 0) is 25.0 Å². The molecule has 1 fully saturated rings. The van der Waals surface area contributed by atoms with Crippen molar-refractivity contribution in [2.45, 2.75) is 32.7 Å². The SMILES string of the molecule is Cc1cccc(C)c1NC(=O)C[N+]1(CNC=O)CCCC1c1ccccc1. The van der Waals surface area contributed by atoms with Crippen molar-refractivity contribution in [1.29, 1.82) is 0 Å². The van der Waals surface area contributed by atoms with E-state index >= 15 is 0 Å². The number of amides is 2. The monoisotopic (exact) mass is 366 g/mol. The number of nitrogens with zero attached hydrogens (tertiary/aromatic N) is 1. The van der Waals surface area contributed by atoms with Crippen LogP contribution in [-0.2, 0) is 9.59 Å². The fourth-order valence-corrected chi connectivity index (χ4v) is 4.32. The minimum absolute atomic E-state index is 0.0112. The van der Waals surface area contributed by atoms with Crippen LogP contribution in [0.15, 0.2) is 48.5 Å². The lowest BCUT2D eigenvalue weighted by Gasteiger charge is -2.39. The standard InChI is InChI=1S/C22H27N3O2/c1-17-8-6-9-18(2)22(17)24-21(27)14-25(15-23-16-26)13-7-12-20(25)19-10-4-3-5-11-19/h3-6,8-11,16,20H,7,12-15H2,1-2H3,(H-,23,24,26,27)/p+1. The number of rotatable bonds is 7. The molecule has 27 heavy (non-hydrogen) atoms. The van der Waals surface area contributed by atoms with Crippen LogP contribution in [0.4, 0.5) is 5.69 Å². The maximum Gasteiger partial charge on any atom is 0.279 e. The molecule has 0 bridgehead atoms. The summed E-state index contributed by atoms with van der Waals surface area (Å²) in [5.41, 5.74) is 4.23. The van der Waals surface area contributed by atoms with Crippen LogP contribution in [0.25, 0.3) is 0 Å². The largest absolute Gasteiger partial charge is 0.321 e. The van der Waals surface area contributed by atoms with Crippen molar-refractivity contribution in [3.05, 3.63) is 65.2 Å². The van der Waals surface area contributed by atoms with Gasteiger partial charge in [-0.3, -0.25) is 14.1 Å². The highest BCUT2D eigenvalue weighted by molar-refractivity contribution is 5.93. The summed E-state index contributed by atoms with van der Waals surface area (Å²) in [5.74, 6) is -0.0112. The van der Waals surface area contributed by atoms with Gasteiger partial charge in [-0.25, -0.2) is 0 Å². The van der Waals surface area contributed by atoms with Gasteiger partial charge in [-0.15, -0.1) is 0 Å². The van der Waals surface area contributed by atoms with Gasteiger partial charge in [0.2, 0.25) is 6.41 Å². The first-order chi connectivity index (χ1) is 13.1. The molecule has 5 nitrogen and oxygen atoms in total. The van der Waals surface area contributed by atoms with Gasteiger partial charge in [-0.1, -0.05) is 48.5 Å². The summed E-state index contributed by atoms with van der Waals surface area (Å²) in [6.07, 6.45) is 2.78. The van der Waals surface area contributed by atoms with E-state index in [9.17, 15) is 9.59 Å². The summed E-state index contributed by atoms with van der Waals surface area (Å²) in [4.78, 5) is 24.0. The van der Waals surface area contributed by atoms with Gasteiger partial charge in [0.25, 0.3) is 5.91 Å². The molecule has 0 aliphatic carbocycles. The van der Waals surface area contributed by atoms with Gasteiger partial charge in [0, 0.05) is 24.1 Å². The molecule has 5 heteroatoms. The molecule has 2 aromatic carbocycles. The minimum Gasteiger partial charge on any atom is -0.321 e. The van der Waals surface area contributed by atoms with Crippen molar-refractivity contribution in [2.75, 3.05) is 25.1 Å². The van der Waals surface area contributed by atoms with E-state index in [2.05, 4.69) is 22.8 Å². The van der Waals surface area contributed by atoms with Crippen LogP contribution in [-0.4, -0.2) is 36.6 Å². The molecule has 3 rings (SSSR count). The molecular formula is C22H28N3O2+. The predicted octanol–water partition coefficient (Wildman–Crippen LogP) is 3.30. The van der Waals surface area contributed by atoms with Crippen LogP contribution in [0.2, 0.25) is 0 Å². The Labute approximate surface area is 161 Å². The summed E-state index contributed by atoms with van der Waals surface area (Å²) in [5, 5.41) is 5.94. The molecule has 1 aliphatic heterocycles. The first kappa shape index (κ1) is 19.1. The van der Waals surface area contributed by atoms with Gasteiger partial charge in [0.1, 0.15) is 6.04 Å². The van der Waals surface area contributed by atoms with Crippen LogP contribution in [0.1, 0.15) is 35.6 Å². The average molecular weight is 366 g/mol. The third-order valence-corrected chi connectivity index (χ3v) is 5.62. The maximum atomic E-state index is 13.0. The van der Waals surface area contributed by atoms with Crippen LogP contribution >= 0.6 is 0 Å². The highest BCUT2D eigenvalue weighted by Crippen LogP contribution is 2.38. The van der Waals surface area contributed by atoms with E-state index < -0.39 is 0 Å². The Morgan fingerprint density at radius 2 is 1.81 bits per heavy atom. The lowest BCUT2D eigenvalue weighted by molar-refractivity contribution is -0.939. The fraction of sp³-hybridized carbons (Fsp3) is 0.364.